The summed E-state index contributed by atoms with van der Waals surface area (Å²) in [6.45, 7) is 3.52. The predicted molar refractivity (Wildman–Crippen MR) is 52.6 cm³/mol. The number of aromatic nitrogens is 2. The van der Waals surface area contributed by atoms with Gasteiger partial charge < -0.3 is 5.73 Å². The van der Waals surface area contributed by atoms with Crippen molar-refractivity contribution in [3.05, 3.63) is 17.7 Å². The fourth-order valence-electron chi connectivity index (χ4n) is 1.00. The maximum atomic E-state index is 10.8. The van der Waals surface area contributed by atoms with Crippen LogP contribution in [-0.2, 0) is 0 Å². The van der Waals surface area contributed by atoms with Gasteiger partial charge in [-0.05, 0) is 13.8 Å². The number of carbonyl (C=O) groups is 1. The molecule has 0 aliphatic carbocycles. The molecular formula is C7H10N4OS. The maximum Gasteiger partial charge on any atom is 0.329 e. The fraction of sp³-hybridized carbons (Fsp3) is 0.286. The first kappa shape index (κ1) is 9.79. The lowest BCUT2D eigenvalue weighted by molar-refractivity contribution is 0.257. The van der Waals surface area contributed by atoms with Crippen LogP contribution in [0.3, 0.4) is 0 Å². The van der Waals surface area contributed by atoms with Crippen molar-refractivity contribution in [1.29, 1.82) is 0 Å². The first-order valence-corrected chi connectivity index (χ1v) is 4.00. The number of urea groups is 1. The molecule has 1 aromatic heterocycles. The van der Waals surface area contributed by atoms with Gasteiger partial charge >= 0.3 is 6.03 Å². The predicted octanol–water partition coefficient (Wildman–Crippen LogP) is 0.823. The largest absolute Gasteiger partial charge is 0.350 e. The van der Waals surface area contributed by atoms with E-state index in [-0.39, 0.29) is 0 Å². The van der Waals surface area contributed by atoms with Crippen LogP contribution in [0.25, 0.3) is 0 Å². The van der Waals surface area contributed by atoms with Crippen LogP contribution in [0.1, 0.15) is 11.4 Å². The van der Waals surface area contributed by atoms with E-state index in [1.165, 1.54) is 6.33 Å². The highest BCUT2D eigenvalue weighted by molar-refractivity contribution is 7.82. The van der Waals surface area contributed by atoms with Gasteiger partial charge in [0.15, 0.2) is 0 Å². The van der Waals surface area contributed by atoms with Crippen LogP contribution in [0.4, 0.5) is 10.5 Å². The summed E-state index contributed by atoms with van der Waals surface area (Å²) in [6.07, 6.45) is 1.43. The van der Waals surface area contributed by atoms with Crippen molar-refractivity contribution < 1.29 is 4.79 Å². The molecule has 0 aliphatic heterocycles. The molecule has 6 heteroatoms. The van der Waals surface area contributed by atoms with Gasteiger partial charge in [-0.25, -0.2) is 19.1 Å². The second-order valence-corrected chi connectivity index (χ2v) is 2.94. The highest BCUT2D eigenvalue weighted by atomic mass is 32.1. The molecule has 2 amide bonds. The molecule has 1 heterocycles. The van der Waals surface area contributed by atoms with Crippen LogP contribution in [-0.4, -0.2) is 16.0 Å². The molecule has 0 atom stereocenters. The van der Waals surface area contributed by atoms with E-state index in [0.29, 0.717) is 17.1 Å². The van der Waals surface area contributed by atoms with Crippen molar-refractivity contribution in [1.82, 2.24) is 9.97 Å². The second-order valence-electron chi connectivity index (χ2n) is 2.54. The standard InChI is InChI=1S/C7H10N4OS/c1-4-6(11(13)7(8)12)5(2)10-3-9-4/h3,13H,1-2H3,(H2,8,12). The quantitative estimate of drug-likeness (QED) is 0.656. The third-order valence-corrected chi connectivity index (χ3v) is 2.01. The number of rotatable bonds is 1. The summed E-state index contributed by atoms with van der Waals surface area (Å²) in [5.74, 6) is 0. The first-order valence-electron chi connectivity index (χ1n) is 3.60. The number of amides is 2. The Hall–Kier alpha value is -1.30. The first-order chi connectivity index (χ1) is 6.04. The summed E-state index contributed by atoms with van der Waals surface area (Å²) >= 11 is 3.93. The molecular weight excluding hydrogens is 188 g/mol. The highest BCUT2D eigenvalue weighted by Gasteiger charge is 2.14. The number of nitrogens with zero attached hydrogens (tertiary/aromatic N) is 3. The number of aryl methyl sites for hydroxylation is 2. The number of thiol groups is 1. The van der Waals surface area contributed by atoms with Crippen molar-refractivity contribution in [2.45, 2.75) is 13.8 Å². The molecule has 0 saturated heterocycles. The van der Waals surface area contributed by atoms with Crippen molar-refractivity contribution in [2.75, 3.05) is 4.31 Å². The zero-order valence-corrected chi connectivity index (χ0v) is 8.25. The molecule has 0 unspecified atom stereocenters. The van der Waals surface area contributed by atoms with E-state index in [9.17, 15) is 4.79 Å². The molecule has 5 nitrogen and oxygen atoms in total. The lowest BCUT2D eigenvalue weighted by Gasteiger charge is -2.15. The maximum absolute atomic E-state index is 10.8. The van der Waals surface area contributed by atoms with Gasteiger partial charge in [-0.1, -0.05) is 12.8 Å². The van der Waals surface area contributed by atoms with Crippen LogP contribution in [0.15, 0.2) is 6.33 Å². The van der Waals surface area contributed by atoms with E-state index < -0.39 is 6.03 Å². The van der Waals surface area contributed by atoms with Crippen molar-refractivity contribution in [3.63, 3.8) is 0 Å². The van der Waals surface area contributed by atoms with Gasteiger partial charge in [0.05, 0.1) is 17.1 Å². The Kier molecular flexibility index (Phi) is 2.72. The fourth-order valence-corrected chi connectivity index (χ4v) is 1.29. The Balaban J connectivity index is 3.20. The third kappa shape index (κ3) is 1.89. The van der Waals surface area contributed by atoms with E-state index in [1.54, 1.807) is 13.8 Å². The average molecular weight is 198 g/mol. The van der Waals surface area contributed by atoms with Gasteiger partial charge in [0, 0.05) is 0 Å². The van der Waals surface area contributed by atoms with Crippen LogP contribution in [0.5, 0.6) is 0 Å². The number of hydrogen-bond donors (Lipinski definition) is 2. The lowest BCUT2D eigenvalue weighted by atomic mass is 10.3. The minimum absolute atomic E-state index is 0.540. The summed E-state index contributed by atoms with van der Waals surface area (Å²) in [5, 5.41) is 0. The van der Waals surface area contributed by atoms with E-state index in [4.69, 9.17) is 5.73 Å². The Morgan fingerprint density at radius 1 is 1.46 bits per heavy atom. The average Bonchev–Trinajstić information content (AvgIpc) is 2.03. The molecule has 0 aromatic carbocycles. The van der Waals surface area contributed by atoms with Gasteiger partial charge in [0.25, 0.3) is 0 Å². The minimum atomic E-state index is -0.649. The van der Waals surface area contributed by atoms with E-state index in [1.807, 2.05) is 0 Å². The molecule has 0 bridgehead atoms. The van der Waals surface area contributed by atoms with Crippen LogP contribution in [0, 0.1) is 13.8 Å². The summed E-state index contributed by atoms with van der Waals surface area (Å²) < 4.78 is 1.03. The molecule has 70 valence electrons. The molecule has 0 spiro atoms. The Bertz CT molecular complexity index is 321. The summed E-state index contributed by atoms with van der Waals surface area (Å²) in [6, 6.07) is -0.649. The topological polar surface area (TPSA) is 72.1 Å². The van der Waals surface area contributed by atoms with Crippen molar-refractivity contribution in [2.24, 2.45) is 5.73 Å². The van der Waals surface area contributed by atoms with Crippen LogP contribution >= 0.6 is 12.8 Å². The molecule has 0 fully saturated rings. The van der Waals surface area contributed by atoms with Crippen molar-refractivity contribution in [3.8, 4) is 0 Å². The summed E-state index contributed by atoms with van der Waals surface area (Å²) in [5.41, 5.74) is 6.94. The van der Waals surface area contributed by atoms with Gasteiger partial charge in [-0.15, -0.1) is 0 Å². The van der Waals surface area contributed by atoms with Gasteiger partial charge in [-0.3, -0.25) is 0 Å². The summed E-state index contributed by atoms with van der Waals surface area (Å²) in [4.78, 5) is 18.7. The van der Waals surface area contributed by atoms with Crippen molar-refractivity contribution >= 4 is 24.5 Å². The summed E-state index contributed by atoms with van der Waals surface area (Å²) in [7, 11) is 0. The minimum Gasteiger partial charge on any atom is -0.350 e. The third-order valence-electron chi connectivity index (χ3n) is 1.61. The zero-order chi connectivity index (χ0) is 10.0. The molecule has 1 rings (SSSR count). The Morgan fingerprint density at radius 3 is 2.31 bits per heavy atom. The monoisotopic (exact) mass is 198 g/mol. The normalized spacial score (nSPS) is 9.77. The number of hydrogen-bond acceptors (Lipinski definition) is 4. The SMILES string of the molecule is Cc1ncnc(C)c1N(S)C(N)=O. The second kappa shape index (κ2) is 3.61. The lowest BCUT2D eigenvalue weighted by Crippen LogP contribution is -2.28. The van der Waals surface area contributed by atoms with E-state index in [0.717, 1.165) is 4.31 Å². The van der Waals surface area contributed by atoms with E-state index in [2.05, 4.69) is 22.8 Å². The van der Waals surface area contributed by atoms with Gasteiger partial charge in [0.2, 0.25) is 0 Å². The van der Waals surface area contributed by atoms with Crippen LogP contribution in [0.2, 0.25) is 0 Å². The van der Waals surface area contributed by atoms with E-state index >= 15 is 0 Å². The number of nitrogens with two attached hydrogens (primary N) is 1. The molecule has 13 heavy (non-hydrogen) atoms. The van der Waals surface area contributed by atoms with Gasteiger partial charge in [-0.2, -0.15) is 0 Å². The molecule has 0 saturated carbocycles. The Labute approximate surface area is 81.5 Å². The molecule has 0 radical (unpaired) electrons. The van der Waals surface area contributed by atoms with Crippen LogP contribution < -0.4 is 10.0 Å². The molecule has 2 N–H and O–H groups in total. The van der Waals surface area contributed by atoms with Gasteiger partial charge in [0.1, 0.15) is 6.33 Å². The smallest absolute Gasteiger partial charge is 0.329 e. The molecule has 1 aromatic rings. The zero-order valence-electron chi connectivity index (χ0n) is 7.35. The number of anilines is 1. The highest BCUT2D eigenvalue weighted by Crippen LogP contribution is 2.21. The molecule has 0 aliphatic rings. The Morgan fingerprint density at radius 2 is 1.92 bits per heavy atom. The number of primary amides is 1. The number of carbonyl (C=O) groups excluding carboxylic acids is 1.